The first-order chi connectivity index (χ1) is 10.1. The monoisotopic (exact) mass is 307 g/mol. The van der Waals surface area contributed by atoms with Crippen LogP contribution in [0.4, 0.5) is 0 Å². The summed E-state index contributed by atoms with van der Waals surface area (Å²) in [6.45, 7) is 0.771. The fraction of sp³-hybridized carbons (Fsp3) is 0.562. The number of hydrogen-bond acceptors (Lipinski definition) is 3. The molecule has 2 aliphatic rings. The van der Waals surface area contributed by atoms with Gasteiger partial charge in [-0.15, -0.1) is 0 Å². The predicted octanol–water partition coefficient (Wildman–Crippen LogP) is 1.65. The Labute approximate surface area is 126 Å². The van der Waals surface area contributed by atoms with Gasteiger partial charge in [0, 0.05) is 12.6 Å². The molecule has 2 heterocycles. The quantitative estimate of drug-likeness (QED) is 0.853. The maximum atomic E-state index is 12.6. The van der Waals surface area contributed by atoms with E-state index in [1.165, 1.54) is 5.56 Å². The van der Waals surface area contributed by atoms with Gasteiger partial charge in [0.25, 0.3) is 0 Å². The van der Waals surface area contributed by atoms with Gasteiger partial charge in [0.05, 0.1) is 17.4 Å². The Morgan fingerprint density at radius 2 is 1.95 bits per heavy atom. The first kappa shape index (κ1) is 14.6. The molecule has 3 rings (SSSR count). The summed E-state index contributed by atoms with van der Waals surface area (Å²) in [5.41, 5.74) is 1.24. The minimum absolute atomic E-state index is 0.0421. The number of nitrogens with zero attached hydrogens (tertiary/aromatic N) is 1. The number of likely N-dealkylation sites (tertiary alicyclic amines) is 1. The second-order valence-electron chi connectivity index (χ2n) is 6.12. The van der Waals surface area contributed by atoms with Crippen LogP contribution in [0.3, 0.4) is 0 Å². The van der Waals surface area contributed by atoms with Crippen LogP contribution in [-0.2, 0) is 21.1 Å². The average Bonchev–Trinajstić information content (AvgIpc) is 3.06. The molecule has 2 atom stereocenters. The van der Waals surface area contributed by atoms with E-state index < -0.39 is 9.84 Å². The fourth-order valence-electron chi connectivity index (χ4n) is 3.45. The van der Waals surface area contributed by atoms with Gasteiger partial charge in [0.15, 0.2) is 9.84 Å². The highest BCUT2D eigenvalue weighted by molar-refractivity contribution is 7.91. The summed E-state index contributed by atoms with van der Waals surface area (Å²) >= 11 is 0. The van der Waals surface area contributed by atoms with Crippen molar-refractivity contribution < 1.29 is 13.2 Å². The molecule has 0 N–H and O–H groups in total. The van der Waals surface area contributed by atoms with Gasteiger partial charge in [0.1, 0.15) is 0 Å². The van der Waals surface area contributed by atoms with E-state index in [4.69, 9.17) is 0 Å². The summed E-state index contributed by atoms with van der Waals surface area (Å²) in [6.07, 6.45) is 3.39. The van der Waals surface area contributed by atoms with E-state index in [1.54, 1.807) is 0 Å². The second-order valence-corrected chi connectivity index (χ2v) is 8.35. The Bertz CT molecular complexity index is 612. The van der Waals surface area contributed by atoms with Gasteiger partial charge < -0.3 is 4.90 Å². The lowest BCUT2D eigenvalue weighted by Crippen LogP contribution is -2.41. The number of carbonyl (C=O) groups is 1. The number of benzene rings is 1. The smallest absolute Gasteiger partial charge is 0.226 e. The molecule has 1 amide bonds. The lowest BCUT2D eigenvalue weighted by molar-refractivity contribution is -0.135. The van der Waals surface area contributed by atoms with E-state index in [0.29, 0.717) is 6.42 Å². The lowest BCUT2D eigenvalue weighted by atomic mass is 10.0. The van der Waals surface area contributed by atoms with Crippen molar-refractivity contribution in [2.75, 3.05) is 18.1 Å². The van der Waals surface area contributed by atoms with E-state index in [2.05, 4.69) is 12.1 Å². The molecule has 0 radical (unpaired) electrons. The highest BCUT2D eigenvalue weighted by atomic mass is 32.2. The molecule has 0 saturated carbocycles. The third-order valence-corrected chi connectivity index (χ3v) is 6.32. The topological polar surface area (TPSA) is 54.5 Å². The molecule has 114 valence electrons. The molecule has 2 saturated heterocycles. The Kier molecular flexibility index (Phi) is 4.02. The van der Waals surface area contributed by atoms with Gasteiger partial charge in [-0.05, 0) is 31.2 Å². The average molecular weight is 307 g/mol. The fourth-order valence-corrected chi connectivity index (χ4v) is 5.18. The Morgan fingerprint density at radius 3 is 2.62 bits per heavy atom. The van der Waals surface area contributed by atoms with Gasteiger partial charge >= 0.3 is 0 Å². The van der Waals surface area contributed by atoms with Gasteiger partial charge in [-0.2, -0.15) is 0 Å². The van der Waals surface area contributed by atoms with Crippen molar-refractivity contribution in [3.8, 4) is 0 Å². The zero-order valence-corrected chi connectivity index (χ0v) is 12.9. The summed E-state index contributed by atoms with van der Waals surface area (Å²) in [5, 5.41) is 0. The maximum Gasteiger partial charge on any atom is 0.226 e. The zero-order valence-electron chi connectivity index (χ0n) is 12.1. The number of amides is 1. The third kappa shape index (κ3) is 3.28. The largest absolute Gasteiger partial charge is 0.339 e. The number of hydrogen-bond donors (Lipinski definition) is 0. The molecule has 5 heteroatoms. The van der Waals surface area contributed by atoms with Crippen LogP contribution < -0.4 is 0 Å². The molecular weight excluding hydrogens is 286 g/mol. The molecular formula is C16H21NO3S. The van der Waals surface area contributed by atoms with Crippen LogP contribution in [0.1, 0.15) is 24.8 Å². The number of sulfone groups is 1. The predicted molar refractivity (Wildman–Crippen MR) is 81.6 cm³/mol. The molecule has 2 aliphatic heterocycles. The minimum atomic E-state index is -2.99. The van der Waals surface area contributed by atoms with Gasteiger partial charge in [-0.1, -0.05) is 30.3 Å². The Balaban J connectivity index is 1.68. The third-order valence-electron chi connectivity index (χ3n) is 4.56. The summed E-state index contributed by atoms with van der Waals surface area (Å²) in [7, 11) is -2.99. The molecule has 0 bridgehead atoms. The van der Waals surface area contributed by atoms with Crippen molar-refractivity contribution in [3.63, 3.8) is 0 Å². The summed E-state index contributed by atoms with van der Waals surface area (Å²) in [6, 6.07) is 10.4. The lowest BCUT2D eigenvalue weighted by Gasteiger charge is -2.27. The highest BCUT2D eigenvalue weighted by Gasteiger charge is 2.38. The molecule has 1 aromatic rings. The first-order valence-corrected chi connectivity index (χ1v) is 9.42. The summed E-state index contributed by atoms with van der Waals surface area (Å²) < 4.78 is 23.1. The van der Waals surface area contributed by atoms with Crippen LogP contribution in [-0.4, -0.2) is 43.3 Å². The second kappa shape index (κ2) is 5.79. The van der Waals surface area contributed by atoms with Gasteiger partial charge in [-0.3, -0.25) is 4.79 Å². The van der Waals surface area contributed by atoms with Crippen LogP contribution >= 0.6 is 0 Å². The molecule has 0 unspecified atom stereocenters. The van der Waals surface area contributed by atoms with E-state index in [0.717, 1.165) is 25.8 Å². The highest BCUT2D eigenvalue weighted by Crippen LogP contribution is 2.27. The van der Waals surface area contributed by atoms with Crippen molar-refractivity contribution in [1.29, 1.82) is 0 Å². The van der Waals surface area contributed by atoms with Crippen LogP contribution in [0.5, 0.6) is 0 Å². The molecule has 0 aliphatic carbocycles. The van der Waals surface area contributed by atoms with E-state index in [-0.39, 0.29) is 29.4 Å². The van der Waals surface area contributed by atoms with Crippen LogP contribution in [0.2, 0.25) is 0 Å². The molecule has 0 spiro atoms. The van der Waals surface area contributed by atoms with Gasteiger partial charge in [-0.25, -0.2) is 8.42 Å². The van der Waals surface area contributed by atoms with Crippen LogP contribution in [0.25, 0.3) is 0 Å². The Morgan fingerprint density at radius 1 is 1.19 bits per heavy atom. The van der Waals surface area contributed by atoms with E-state index in [9.17, 15) is 13.2 Å². The summed E-state index contributed by atoms with van der Waals surface area (Å²) in [5.74, 6) is -0.0538. The van der Waals surface area contributed by atoms with Crippen molar-refractivity contribution >= 4 is 15.7 Å². The molecule has 0 aromatic heterocycles. The molecule has 1 aromatic carbocycles. The van der Waals surface area contributed by atoms with Crippen LogP contribution in [0.15, 0.2) is 30.3 Å². The molecule has 2 fully saturated rings. The molecule has 21 heavy (non-hydrogen) atoms. The van der Waals surface area contributed by atoms with Crippen molar-refractivity contribution in [1.82, 2.24) is 4.90 Å². The van der Waals surface area contributed by atoms with Crippen molar-refractivity contribution in [2.24, 2.45) is 5.92 Å². The SMILES string of the molecule is O=C([C@@H]1CCS(=O)(=O)C1)N1CCC[C@H]1Cc1ccccc1. The normalized spacial score (nSPS) is 27.9. The number of rotatable bonds is 3. The van der Waals surface area contributed by atoms with E-state index >= 15 is 0 Å². The van der Waals surface area contributed by atoms with Gasteiger partial charge in [0.2, 0.25) is 5.91 Å². The van der Waals surface area contributed by atoms with Crippen molar-refractivity contribution in [3.05, 3.63) is 35.9 Å². The summed E-state index contributed by atoms with van der Waals surface area (Å²) in [4.78, 5) is 14.5. The van der Waals surface area contributed by atoms with Crippen LogP contribution in [0, 0.1) is 5.92 Å². The maximum absolute atomic E-state index is 12.6. The first-order valence-electron chi connectivity index (χ1n) is 7.60. The van der Waals surface area contributed by atoms with Crippen molar-refractivity contribution in [2.45, 2.75) is 31.7 Å². The Hall–Kier alpha value is -1.36. The zero-order chi connectivity index (χ0) is 14.9. The molecule has 4 nitrogen and oxygen atoms in total. The standard InChI is InChI=1S/C16H21NO3S/c18-16(14-8-10-21(19,20)12-14)17-9-4-7-15(17)11-13-5-2-1-3-6-13/h1-3,5-6,14-15H,4,7-12H2/t14-,15+/m1/s1. The minimum Gasteiger partial charge on any atom is -0.339 e. The van der Waals surface area contributed by atoms with E-state index in [1.807, 2.05) is 23.1 Å². The number of carbonyl (C=O) groups excluding carboxylic acids is 1.